The van der Waals surface area contributed by atoms with E-state index in [9.17, 15) is 14.9 Å². The fourth-order valence-electron chi connectivity index (χ4n) is 3.82. The number of hydrogen-bond donors (Lipinski definition) is 3. The second kappa shape index (κ2) is 11.6. The summed E-state index contributed by atoms with van der Waals surface area (Å²) >= 11 is 9.57. The predicted octanol–water partition coefficient (Wildman–Crippen LogP) is 4.48. The van der Waals surface area contributed by atoms with Crippen LogP contribution in [0.3, 0.4) is 0 Å². The third-order valence-corrected chi connectivity index (χ3v) is 6.21. The minimum atomic E-state index is -0.481. The number of hydrogen-bond acceptors (Lipinski definition) is 6. The van der Waals surface area contributed by atoms with Gasteiger partial charge in [0, 0.05) is 18.2 Å². The molecule has 182 valence electrons. The molecule has 4 rings (SSSR count). The lowest BCUT2D eigenvalue weighted by Crippen LogP contribution is -2.34. The molecule has 12 heteroatoms. The first kappa shape index (κ1) is 26.6. The van der Waals surface area contributed by atoms with Crippen molar-refractivity contribution in [1.82, 2.24) is 20.1 Å². The quantitative estimate of drug-likeness (QED) is 0.410. The van der Waals surface area contributed by atoms with Crippen molar-refractivity contribution in [3.8, 4) is 11.9 Å². The number of carbonyl (C=O) groups is 2. The Morgan fingerprint density at radius 1 is 1.26 bits per heavy atom. The largest absolute Gasteiger partial charge is 0.324 e. The van der Waals surface area contributed by atoms with E-state index in [0.29, 0.717) is 37.9 Å². The Morgan fingerprint density at radius 3 is 2.69 bits per heavy atom. The summed E-state index contributed by atoms with van der Waals surface area (Å²) in [6, 6.07) is 10.2. The van der Waals surface area contributed by atoms with Gasteiger partial charge in [0.15, 0.2) is 5.82 Å². The highest BCUT2D eigenvalue weighted by Crippen LogP contribution is 2.30. The molecular formula is C23H22BrCl2N7O2. The van der Waals surface area contributed by atoms with Crippen molar-refractivity contribution in [1.29, 1.82) is 5.26 Å². The smallest absolute Gasteiger partial charge is 0.274 e. The molecule has 3 heterocycles. The Morgan fingerprint density at radius 2 is 2.00 bits per heavy atom. The first-order valence-electron chi connectivity index (χ1n) is 10.6. The van der Waals surface area contributed by atoms with E-state index in [-0.39, 0.29) is 29.9 Å². The molecule has 35 heavy (non-hydrogen) atoms. The van der Waals surface area contributed by atoms with Gasteiger partial charge in [0.05, 0.1) is 28.0 Å². The number of pyridine rings is 1. The standard InChI is InChI=1S/C23H21BrClN7O2.ClH/c1-13-9-14(12-26)10-17(29-22(33)15-4-7-27-8-5-15)20(13)30-23(34)18-11-19(24)31-32(18)21-16(25)3-2-6-28-21;/h2-3,6,9-11,15,27H,4-5,7-8H2,1H3,(H,29,33)(H,30,34);1H. The maximum atomic E-state index is 13.3. The zero-order valence-corrected chi connectivity index (χ0v) is 21.8. The fourth-order valence-corrected chi connectivity index (χ4v) is 4.40. The molecule has 0 spiro atoms. The summed E-state index contributed by atoms with van der Waals surface area (Å²) in [6.07, 6.45) is 3.00. The van der Waals surface area contributed by atoms with Crippen molar-refractivity contribution >= 4 is 63.1 Å². The van der Waals surface area contributed by atoms with Crippen LogP contribution in [0.1, 0.15) is 34.5 Å². The number of nitrogens with one attached hydrogen (secondary N) is 3. The van der Waals surface area contributed by atoms with Gasteiger partial charge in [-0.2, -0.15) is 10.4 Å². The van der Waals surface area contributed by atoms with E-state index in [1.165, 1.54) is 4.68 Å². The molecule has 1 fully saturated rings. The molecule has 1 aromatic carbocycles. The highest BCUT2D eigenvalue weighted by molar-refractivity contribution is 9.10. The van der Waals surface area contributed by atoms with Gasteiger partial charge in [0.1, 0.15) is 10.3 Å². The number of aryl methyl sites for hydroxylation is 1. The van der Waals surface area contributed by atoms with Gasteiger partial charge >= 0.3 is 0 Å². The summed E-state index contributed by atoms with van der Waals surface area (Å²) < 4.78 is 1.77. The number of piperidine rings is 1. The Balaban J connectivity index is 0.00000342. The highest BCUT2D eigenvalue weighted by Gasteiger charge is 2.24. The van der Waals surface area contributed by atoms with Crippen LogP contribution in [0, 0.1) is 24.2 Å². The number of nitriles is 1. The Labute approximate surface area is 221 Å². The highest BCUT2D eigenvalue weighted by atomic mass is 79.9. The van der Waals surface area contributed by atoms with Crippen LogP contribution in [0.25, 0.3) is 5.82 Å². The van der Waals surface area contributed by atoms with Crippen LogP contribution in [-0.4, -0.2) is 39.7 Å². The first-order valence-corrected chi connectivity index (χ1v) is 11.8. The van der Waals surface area contributed by atoms with Gasteiger partial charge in [-0.25, -0.2) is 9.67 Å². The average Bonchev–Trinajstić information content (AvgIpc) is 3.23. The van der Waals surface area contributed by atoms with Crippen LogP contribution in [0.15, 0.2) is 41.1 Å². The fraction of sp³-hybridized carbons (Fsp3) is 0.261. The lowest BCUT2D eigenvalue weighted by Gasteiger charge is -2.23. The first-order chi connectivity index (χ1) is 16.4. The zero-order valence-electron chi connectivity index (χ0n) is 18.6. The monoisotopic (exact) mass is 577 g/mol. The van der Waals surface area contributed by atoms with E-state index >= 15 is 0 Å². The molecular weight excluding hydrogens is 557 g/mol. The van der Waals surface area contributed by atoms with Gasteiger partial charge < -0.3 is 16.0 Å². The van der Waals surface area contributed by atoms with Crippen LogP contribution < -0.4 is 16.0 Å². The lowest BCUT2D eigenvalue weighted by atomic mass is 9.97. The third kappa shape index (κ3) is 6.00. The average molecular weight is 579 g/mol. The van der Waals surface area contributed by atoms with Gasteiger partial charge in [0.25, 0.3) is 5.91 Å². The molecule has 3 N–H and O–H groups in total. The summed E-state index contributed by atoms with van der Waals surface area (Å²) in [5, 5.41) is 23.1. The molecule has 0 saturated carbocycles. The summed E-state index contributed by atoms with van der Waals surface area (Å²) in [5.74, 6) is -0.458. The van der Waals surface area contributed by atoms with Crippen LogP contribution >= 0.6 is 39.9 Å². The van der Waals surface area contributed by atoms with E-state index in [2.05, 4.69) is 48.0 Å². The molecule has 0 atom stereocenters. The van der Waals surface area contributed by atoms with Crippen LogP contribution in [0.4, 0.5) is 11.4 Å². The zero-order chi connectivity index (χ0) is 24.2. The molecule has 9 nitrogen and oxygen atoms in total. The van der Waals surface area contributed by atoms with Gasteiger partial charge in [-0.1, -0.05) is 11.6 Å². The lowest BCUT2D eigenvalue weighted by molar-refractivity contribution is -0.120. The van der Waals surface area contributed by atoms with Gasteiger partial charge in [-0.3, -0.25) is 9.59 Å². The van der Waals surface area contributed by atoms with Crippen molar-refractivity contribution in [2.24, 2.45) is 5.92 Å². The van der Waals surface area contributed by atoms with Crippen molar-refractivity contribution in [3.63, 3.8) is 0 Å². The third-order valence-electron chi connectivity index (χ3n) is 5.52. The molecule has 1 saturated heterocycles. The van der Waals surface area contributed by atoms with E-state index < -0.39 is 5.91 Å². The van der Waals surface area contributed by atoms with Gasteiger partial charge in [0.2, 0.25) is 5.91 Å². The van der Waals surface area contributed by atoms with Crippen molar-refractivity contribution < 1.29 is 9.59 Å². The molecule has 1 aliphatic rings. The minimum Gasteiger partial charge on any atom is -0.324 e. The Kier molecular flexibility index (Phi) is 8.86. The normalized spacial score (nSPS) is 13.4. The number of nitrogens with zero attached hydrogens (tertiary/aromatic N) is 4. The molecule has 2 aromatic heterocycles. The summed E-state index contributed by atoms with van der Waals surface area (Å²) in [5.41, 5.74) is 1.97. The summed E-state index contributed by atoms with van der Waals surface area (Å²) in [4.78, 5) is 30.4. The van der Waals surface area contributed by atoms with Gasteiger partial charge in [-0.15, -0.1) is 12.4 Å². The van der Waals surface area contributed by atoms with Crippen molar-refractivity contribution in [3.05, 3.63) is 63.0 Å². The number of aromatic nitrogens is 3. The SMILES string of the molecule is Cc1cc(C#N)cc(NC(=O)C2CCNCC2)c1NC(=O)c1cc(Br)nn1-c1ncccc1Cl.Cl. The minimum absolute atomic E-state index is 0. The predicted molar refractivity (Wildman–Crippen MR) is 139 cm³/mol. The molecule has 2 amide bonds. The van der Waals surface area contributed by atoms with Crippen molar-refractivity contribution in [2.75, 3.05) is 23.7 Å². The van der Waals surface area contributed by atoms with E-state index in [4.69, 9.17) is 11.6 Å². The molecule has 3 aromatic rings. The number of benzene rings is 1. The Hall–Kier alpha value is -2.97. The molecule has 0 unspecified atom stereocenters. The maximum Gasteiger partial charge on any atom is 0.274 e. The number of carbonyl (C=O) groups excluding carboxylic acids is 2. The number of amides is 2. The maximum absolute atomic E-state index is 13.3. The van der Waals surface area contributed by atoms with Crippen LogP contribution in [0.5, 0.6) is 0 Å². The Bertz CT molecular complexity index is 1300. The summed E-state index contributed by atoms with van der Waals surface area (Å²) in [6.45, 7) is 3.31. The van der Waals surface area contributed by atoms with E-state index in [1.54, 1.807) is 43.5 Å². The number of anilines is 2. The van der Waals surface area contributed by atoms with Crippen molar-refractivity contribution in [2.45, 2.75) is 19.8 Å². The second-order valence-corrected chi connectivity index (χ2v) is 9.09. The van der Waals surface area contributed by atoms with E-state index in [1.807, 2.05) is 0 Å². The summed E-state index contributed by atoms with van der Waals surface area (Å²) in [7, 11) is 0. The number of halogens is 3. The van der Waals surface area contributed by atoms with E-state index in [0.717, 1.165) is 25.9 Å². The molecule has 0 radical (unpaired) electrons. The molecule has 1 aliphatic heterocycles. The van der Waals surface area contributed by atoms with Gasteiger partial charge in [-0.05, 0) is 78.6 Å². The molecule has 0 aliphatic carbocycles. The molecule has 0 bridgehead atoms. The number of rotatable bonds is 5. The van der Waals surface area contributed by atoms with Crippen LogP contribution in [-0.2, 0) is 4.79 Å². The second-order valence-electron chi connectivity index (χ2n) is 7.87. The topological polar surface area (TPSA) is 125 Å². The van der Waals surface area contributed by atoms with Crippen LogP contribution in [0.2, 0.25) is 5.02 Å².